The standard InChI is InChI=1S/C20H20ClN3O3/c1-3-24(19(25)11-13-10-14(21)8-9-17(13)27-2)12-18-22-16-7-5-4-6-15(16)20(26)23-18/h4-10H,3,11-12H2,1-2H3,(H,22,23,26). The summed E-state index contributed by atoms with van der Waals surface area (Å²) in [6.45, 7) is 2.59. The van der Waals surface area contributed by atoms with Crippen molar-refractivity contribution in [3.05, 3.63) is 69.2 Å². The van der Waals surface area contributed by atoms with E-state index < -0.39 is 0 Å². The Bertz CT molecular complexity index is 1030. The number of halogens is 1. The van der Waals surface area contributed by atoms with Gasteiger partial charge in [0.2, 0.25) is 5.91 Å². The molecule has 0 radical (unpaired) electrons. The third kappa shape index (κ3) is 4.28. The summed E-state index contributed by atoms with van der Waals surface area (Å²) in [6, 6.07) is 12.3. The molecule has 7 heteroatoms. The molecule has 0 atom stereocenters. The predicted molar refractivity (Wildman–Crippen MR) is 105 cm³/mol. The van der Waals surface area contributed by atoms with Gasteiger partial charge in [-0.05, 0) is 37.3 Å². The Balaban J connectivity index is 1.82. The molecule has 0 bridgehead atoms. The molecule has 0 saturated heterocycles. The van der Waals surface area contributed by atoms with Crippen LogP contribution in [-0.4, -0.2) is 34.4 Å². The predicted octanol–water partition coefficient (Wildman–Crippen LogP) is 3.18. The van der Waals surface area contributed by atoms with E-state index in [0.29, 0.717) is 39.6 Å². The van der Waals surface area contributed by atoms with Crippen molar-refractivity contribution in [1.29, 1.82) is 0 Å². The van der Waals surface area contributed by atoms with E-state index in [1.165, 1.54) is 0 Å². The SMILES string of the molecule is CCN(Cc1nc2ccccc2c(=O)[nH]1)C(=O)Cc1cc(Cl)ccc1OC. The maximum absolute atomic E-state index is 12.8. The fraction of sp³-hybridized carbons (Fsp3) is 0.250. The van der Waals surface area contributed by atoms with Crippen LogP contribution >= 0.6 is 11.6 Å². The third-order valence-corrected chi connectivity index (χ3v) is 4.56. The van der Waals surface area contributed by atoms with E-state index in [1.807, 2.05) is 13.0 Å². The monoisotopic (exact) mass is 385 g/mol. The summed E-state index contributed by atoms with van der Waals surface area (Å²) in [4.78, 5) is 33.9. The van der Waals surface area contributed by atoms with Crippen molar-refractivity contribution in [3.63, 3.8) is 0 Å². The second kappa shape index (κ2) is 8.22. The first kappa shape index (κ1) is 18.9. The summed E-state index contributed by atoms with van der Waals surface area (Å²) in [5, 5.41) is 1.07. The van der Waals surface area contributed by atoms with Crippen molar-refractivity contribution in [2.24, 2.45) is 0 Å². The van der Waals surface area contributed by atoms with Gasteiger partial charge in [0.05, 0.1) is 31.0 Å². The number of carbonyl (C=O) groups excluding carboxylic acids is 1. The Labute approximate surface area is 161 Å². The average molecular weight is 386 g/mol. The Hall–Kier alpha value is -2.86. The van der Waals surface area contributed by atoms with Crippen LogP contribution in [0.1, 0.15) is 18.3 Å². The molecule has 0 saturated carbocycles. The summed E-state index contributed by atoms with van der Waals surface area (Å²) < 4.78 is 5.31. The number of likely N-dealkylation sites (N-methyl/N-ethyl adjacent to an activating group) is 1. The molecule has 0 fully saturated rings. The van der Waals surface area contributed by atoms with E-state index in [9.17, 15) is 9.59 Å². The molecule has 0 unspecified atom stereocenters. The van der Waals surface area contributed by atoms with Crippen LogP contribution in [0.25, 0.3) is 10.9 Å². The minimum absolute atomic E-state index is 0.103. The summed E-state index contributed by atoms with van der Waals surface area (Å²) >= 11 is 6.04. The van der Waals surface area contributed by atoms with Gasteiger partial charge in [-0.15, -0.1) is 0 Å². The number of rotatable bonds is 6. The number of fused-ring (bicyclic) bond motifs is 1. The number of hydrogen-bond donors (Lipinski definition) is 1. The molecule has 2 aromatic carbocycles. The minimum Gasteiger partial charge on any atom is -0.496 e. The van der Waals surface area contributed by atoms with Gasteiger partial charge in [0, 0.05) is 17.1 Å². The molecule has 1 N–H and O–H groups in total. The zero-order valence-corrected chi connectivity index (χ0v) is 15.9. The first-order valence-electron chi connectivity index (χ1n) is 8.60. The highest BCUT2D eigenvalue weighted by Crippen LogP contribution is 2.23. The number of methoxy groups -OCH3 is 1. The zero-order valence-electron chi connectivity index (χ0n) is 15.2. The molecule has 0 aliphatic heterocycles. The molecule has 0 aliphatic carbocycles. The van der Waals surface area contributed by atoms with Crippen LogP contribution in [-0.2, 0) is 17.8 Å². The number of nitrogens with zero attached hydrogens (tertiary/aromatic N) is 2. The van der Waals surface area contributed by atoms with Gasteiger partial charge in [0.15, 0.2) is 0 Å². The van der Waals surface area contributed by atoms with Gasteiger partial charge >= 0.3 is 0 Å². The van der Waals surface area contributed by atoms with Crippen LogP contribution in [0.2, 0.25) is 5.02 Å². The molecule has 3 aromatic rings. The molecule has 1 aromatic heterocycles. The van der Waals surface area contributed by atoms with Gasteiger partial charge < -0.3 is 14.6 Å². The number of para-hydroxylation sites is 1. The van der Waals surface area contributed by atoms with Gasteiger partial charge in [-0.25, -0.2) is 4.98 Å². The Morgan fingerprint density at radius 1 is 1.26 bits per heavy atom. The van der Waals surface area contributed by atoms with E-state index in [2.05, 4.69) is 9.97 Å². The fourth-order valence-corrected chi connectivity index (χ4v) is 3.12. The van der Waals surface area contributed by atoms with E-state index in [0.717, 1.165) is 0 Å². The number of H-pyrrole nitrogens is 1. The van der Waals surface area contributed by atoms with Crippen molar-refractivity contribution in [2.75, 3.05) is 13.7 Å². The second-order valence-corrected chi connectivity index (χ2v) is 6.51. The normalized spacial score (nSPS) is 10.8. The summed E-state index contributed by atoms with van der Waals surface area (Å²) in [5.41, 5.74) is 1.11. The number of ether oxygens (including phenoxy) is 1. The number of hydrogen-bond acceptors (Lipinski definition) is 4. The molecular formula is C20H20ClN3O3. The molecule has 0 aliphatic rings. The molecular weight excluding hydrogens is 366 g/mol. The highest BCUT2D eigenvalue weighted by molar-refractivity contribution is 6.30. The second-order valence-electron chi connectivity index (χ2n) is 6.07. The van der Waals surface area contributed by atoms with Gasteiger partial charge in [-0.1, -0.05) is 23.7 Å². The maximum atomic E-state index is 12.8. The van der Waals surface area contributed by atoms with E-state index in [-0.39, 0.29) is 24.4 Å². The molecule has 3 rings (SSSR count). The van der Waals surface area contributed by atoms with E-state index in [4.69, 9.17) is 16.3 Å². The quantitative estimate of drug-likeness (QED) is 0.707. The first-order chi connectivity index (χ1) is 13.0. The fourth-order valence-electron chi connectivity index (χ4n) is 2.93. The number of nitrogens with one attached hydrogen (secondary N) is 1. The average Bonchev–Trinajstić information content (AvgIpc) is 2.66. The van der Waals surface area contributed by atoms with Crippen LogP contribution in [0.5, 0.6) is 5.75 Å². The molecule has 6 nitrogen and oxygen atoms in total. The van der Waals surface area contributed by atoms with Crippen LogP contribution in [0.3, 0.4) is 0 Å². The highest BCUT2D eigenvalue weighted by atomic mass is 35.5. The largest absolute Gasteiger partial charge is 0.496 e. The maximum Gasteiger partial charge on any atom is 0.258 e. The number of aromatic amines is 1. The first-order valence-corrected chi connectivity index (χ1v) is 8.97. The summed E-state index contributed by atoms with van der Waals surface area (Å²) in [5.74, 6) is 0.960. The Morgan fingerprint density at radius 3 is 2.78 bits per heavy atom. The molecule has 1 amide bonds. The Morgan fingerprint density at radius 2 is 2.04 bits per heavy atom. The van der Waals surface area contributed by atoms with E-state index in [1.54, 1.807) is 48.4 Å². The summed E-state index contributed by atoms with van der Waals surface area (Å²) in [6.07, 6.45) is 0.148. The van der Waals surface area contributed by atoms with Crippen molar-refractivity contribution in [1.82, 2.24) is 14.9 Å². The molecule has 27 heavy (non-hydrogen) atoms. The highest BCUT2D eigenvalue weighted by Gasteiger charge is 2.17. The lowest BCUT2D eigenvalue weighted by atomic mass is 10.1. The number of benzene rings is 2. The van der Waals surface area contributed by atoms with Gasteiger partial charge in [0.1, 0.15) is 11.6 Å². The zero-order chi connectivity index (χ0) is 19.4. The van der Waals surface area contributed by atoms with Crippen molar-refractivity contribution < 1.29 is 9.53 Å². The smallest absolute Gasteiger partial charge is 0.258 e. The molecule has 0 spiro atoms. The van der Waals surface area contributed by atoms with Crippen molar-refractivity contribution >= 4 is 28.4 Å². The molecule has 1 heterocycles. The van der Waals surface area contributed by atoms with Crippen molar-refractivity contribution in [2.45, 2.75) is 19.9 Å². The topological polar surface area (TPSA) is 75.3 Å². The summed E-state index contributed by atoms with van der Waals surface area (Å²) in [7, 11) is 1.55. The van der Waals surface area contributed by atoms with Crippen LogP contribution in [0.4, 0.5) is 0 Å². The van der Waals surface area contributed by atoms with Gasteiger partial charge in [0.25, 0.3) is 5.56 Å². The number of carbonyl (C=O) groups is 1. The van der Waals surface area contributed by atoms with Crippen molar-refractivity contribution in [3.8, 4) is 5.75 Å². The third-order valence-electron chi connectivity index (χ3n) is 4.32. The lowest BCUT2D eigenvalue weighted by Gasteiger charge is -2.21. The van der Waals surface area contributed by atoms with E-state index >= 15 is 0 Å². The molecule has 140 valence electrons. The minimum atomic E-state index is -0.212. The number of aromatic nitrogens is 2. The van der Waals surface area contributed by atoms with Gasteiger partial charge in [-0.3, -0.25) is 9.59 Å². The van der Waals surface area contributed by atoms with Crippen LogP contribution < -0.4 is 10.3 Å². The van der Waals surface area contributed by atoms with Crippen LogP contribution in [0, 0.1) is 0 Å². The number of amides is 1. The lowest BCUT2D eigenvalue weighted by molar-refractivity contribution is -0.131. The van der Waals surface area contributed by atoms with Crippen LogP contribution in [0.15, 0.2) is 47.3 Å². The lowest BCUT2D eigenvalue weighted by Crippen LogP contribution is -2.33. The Kier molecular flexibility index (Phi) is 5.76. The van der Waals surface area contributed by atoms with Gasteiger partial charge in [-0.2, -0.15) is 0 Å².